The lowest BCUT2D eigenvalue weighted by Gasteiger charge is -2.13. The van der Waals surface area contributed by atoms with Gasteiger partial charge in [-0.2, -0.15) is 0 Å². The maximum atomic E-state index is 5.94. The van der Waals surface area contributed by atoms with Gasteiger partial charge >= 0.3 is 0 Å². The molecule has 1 atom stereocenters. The number of benzene rings is 2. The van der Waals surface area contributed by atoms with Crippen LogP contribution in [-0.4, -0.2) is 19.7 Å². The first-order valence-electron chi connectivity index (χ1n) is 9.20. The molecule has 4 aromatic rings. The molecule has 0 fully saturated rings. The van der Waals surface area contributed by atoms with Crippen LogP contribution in [0.3, 0.4) is 0 Å². The van der Waals surface area contributed by atoms with E-state index in [1.807, 2.05) is 43.6 Å². The van der Waals surface area contributed by atoms with Crippen LogP contribution >= 0.6 is 11.8 Å². The molecule has 0 aliphatic rings. The van der Waals surface area contributed by atoms with Gasteiger partial charge in [-0.1, -0.05) is 41.6 Å². The first kappa shape index (κ1) is 18.5. The van der Waals surface area contributed by atoms with E-state index in [-0.39, 0.29) is 5.25 Å². The van der Waals surface area contributed by atoms with E-state index in [9.17, 15) is 0 Å². The van der Waals surface area contributed by atoms with Crippen molar-refractivity contribution in [1.82, 2.24) is 19.7 Å². The van der Waals surface area contributed by atoms with Gasteiger partial charge in [-0.05, 0) is 57.0 Å². The largest absolute Gasteiger partial charge is 0.419 e. The van der Waals surface area contributed by atoms with Gasteiger partial charge in [0.1, 0.15) is 0 Å². The number of rotatable bonds is 5. The molecule has 1 unspecified atom stereocenters. The van der Waals surface area contributed by atoms with Gasteiger partial charge in [-0.3, -0.25) is 4.57 Å². The van der Waals surface area contributed by atoms with E-state index in [4.69, 9.17) is 4.42 Å². The van der Waals surface area contributed by atoms with Crippen LogP contribution in [0.4, 0.5) is 0 Å². The van der Waals surface area contributed by atoms with Crippen molar-refractivity contribution < 1.29 is 4.42 Å². The third-order valence-electron chi connectivity index (χ3n) is 4.78. The Kier molecular flexibility index (Phi) is 5.05. The van der Waals surface area contributed by atoms with E-state index in [1.165, 1.54) is 11.1 Å². The summed E-state index contributed by atoms with van der Waals surface area (Å²) in [5, 5.41) is 9.37. The van der Waals surface area contributed by atoms with Crippen molar-refractivity contribution in [1.29, 1.82) is 0 Å². The second-order valence-corrected chi connectivity index (χ2v) is 8.18. The number of nitrogens with zero attached hydrogens (tertiary/aromatic N) is 4. The zero-order valence-corrected chi connectivity index (χ0v) is 17.2. The Morgan fingerprint density at radius 1 is 1.04 bits per heavy atom. The molecular weight excluding hydrogens is 368 g/mol. The Labute approximate surface area is 168 Å². The topological polar surface area (TPSA) is 56.7 Å². The van der Waals surface area contributed by atoms with Crippen LogP contribution in [0.15, 0.2) is 64.4 Å². The monoisotopic (exact) mass is 390 g/mol. The van der Waals surface area contributed by atoms with E-state index in [2.05, 4.69) is 58.7 Å². The molecule has 0 aliphatic heterocycles. The molecule has 2 aromatic carbocycles. The summed E-state index contributed by atoms with van der Waals surface area (Å²) >= 11 is 1.61. The number of aromatic nitrogens is 4. The highest BCUT2D eigenvalue weighted by molar-refractivity contribution is 7.99. The number of aryl methyl sites for hydroxylation is 2. The Hall–Kier alpha value is -2.86. The van der Waals surface area contributed by atoms with Crippen LogP contribution < -0.4 is 0 Å². The second kappa shape index (κ2) is 7.64. The molecule has 142 valence electrons. The molecule has 2 aromatic heterocycles. The lowest BCUT2D eigenvalue weighted by molar-refractivity contribution is 0.509. The predicted octanol–water partition coefficient (Wildman–Crippen LogP) is 5.70. The maximum Gasteiger partial charge on any atom is 0.247 e. The average Bonchev–Trinajstić information content (AvgIpc) is 3.34. The van der Waals surface area contributed by atoms with Crippen LogP contribution in [0.5, 0.6) is 0 Å². The Bertz CT molecular complexity index is 1120. The molecule has 2 heterocycles. The first-order valence-corrected chi connectivity index (χ1v) is 10.1. The van der Waals surface area contributed by atoms with E-state index < -0.39 is 0 Å². The van der Waals surface area contributed by atoms with Crippen molar-refractivity contribution in [3.8, 4) is 17.1 Å². The van der Waals surface area contributed by atoms with Gasteiger partial charge < -0.3 is 4.42 Å². The van der Waals surface area contributed by atoms with Crippen molar-refractivity contribution in [2.24, 2.45) is 0 Å². The van der Waals surface area contributed by atoms with Gasteiger partial charge in [0.15, 0.2) is 5.16 Å². The summed E-state index contributed by atoms with van der Waals surface area (Å²) in [6.45, 7) is 8.36. The smallest absolute Gasteiger partial charge is 0.247 e. The number of thioether (sulfide) groups is 1. The molecule has 0 amide bonds. The molecule has 0 N–H and O–H groups in total. The maximum absolute atomic E-state index is 5.94. The molecule has 0 aliphatic carbocycles. The van der Waals surface area contributed by atoms with Crippen molar-refractivity contribution in [3.05, 3.63) is 77.4 Å². The number of imidazole rings is 1. The van der Waals surface area contributed by atoms with Crippen LogP contribution in [0.2, 0.25) is 0 Å². The van der Waals surface area contributed by atoms with Crippen LogP contribution in [-0.2, 0) is 0 Å². The minimum absolute atomic E-state index is 0.0164. The fourth-order valence-electron chi connectivity index (χ4n) is 3.06. The van der Waals surface area contributed by atoms with Gasteiger partial charge in [0.05, 0.1) is 10.9 Å². The molecule has 0 radical (unpaired) electrons. The minimum Gasteiger partial charge on any atom is -0.419 e. The normalized spacial score (nSPS) is 12.3. The highest BCUT2D eigenvalue weighted by Gasteiger charge is 2.19. The lowest BCUT2D eigenvalue weighted by Crippen LogP contribution is -2.00. The van der Waals surface area contributed by atoms with Crippen LogP contribution in [0.25, 0.3) is 17.1 Å². The summed E-state index contributed by atoms with van der Waals surface area (Å²) in [5.74, 6) is 1.14. The molecule has 4 rings (SSSR count). The summed E-state index contributed by atoms with van der Waals surface area (Å²) in [6, 6.07) is 14.4. The average molecular weight is 391 g/mol. The third-order valence-corrected chi connectivity index (χ3v) is 5.85. The van der Waals surface area contributed by atoms with E-state index >= 15 is 0 Å². The number of hydrogen-bond donors (Lipinski definition) is 0. The van der Waals surface area contributed by atoms with Crippen LogP contribution in [0, 0.1) is 20.8 Å². The lowest BCUT2D eigenvalue weighted by atomic mass is 10.1. The molecule has 0 saturated heterocycles. The third kappa shape index (κ3) is 3.60. The van der Waals surface area contributed by atoms with Crippen molar-refractivity contribution in [3.63, 3.8) is 0 Å². The van der Waals surface area contributed by atoms with Gasteiger partial charge in [0.2, 0.25) is 11.8 Å². The van der Waals surface area contributed by atoms with Crippen molar-refractivity contribution >= 4 is 11.8 Å². The molecule has 28 heavy (non-hydrogen) atoms. The summed E-state index contributed by atoms with van der Waals surface area (Å²) in [6.07, 6.45) is 3.81. The Morgan fingerprint density at radius 3 is 2.68 bits per heavy atom. The van der Waals surface area contributed by atoms with Gasteiger partial charge in [-0.15, -0.1) is 10.2 Å². The fraction of sp³-hybridized carbons (Fsp3) is 0.227. The molecule has 5 nitrogen and oxygen atoms in total. The van der Waals surface area contributed by atoms with Gasteiger partial charge in [0.25, 0.3) is 0 Å². The summed E-state index contributed by atoms with van der Waals surface area (Å²) in [5.41, 5.74) is 5.74. The fourth-order valence-corrected chi connectivity index (χ4v) is 3.97. The highest BCUT2D eigenvalue weighted by Crippen LogP contribution is 2.35. The van der Waals surface area contributed by atoms with E-state index in [0.717, 1.165) is 22.0 Å². The molecule has 0 saturated carbocycles. The molecule has 0 spiro atoms. The van der Waals surface area contributed by atoms with E-state index in [1.54, 1.807) is 11.8 Å². The summed E-state index contributed by atoms with van der Waals surface area (Å²) in [7, 11) is 0. The quantitative estimate of drug-likeness (QED) is 0.409. The first-order chi connectivity index (χ1) is 13.5. The Morgan fingerprint density at radius 2 is 1.86 bits per heavy atom. The van der Waals surface area contributed by atoms with Crippen molar-refractivity contribution in [2.45, 2.75) is 38.1 Å². The summed E-state index contributed by atoms with van der Waals surface area (Å²) < 4.78 is 8.06. The zero-order valence-electron chi connectivity index (χ0n) is 16.4. The SMILES string of the molecule is Cc1cccc(-c2nnc(C(C)Sc3nccn3-c3cccc(C)c3C)o2)c1. The van der Waals surface area contributed by atoms with Gasteiger partial charge in [-0.25, -0.2) is 4.98 Å². The zero-order chi connectivity index (χ0) is 19.7. The second-order valence-electron chi connectivity index (χ2n) is 6.87. The molecule has 6 heteroatoms. The molecule has 0 bridgehead atoms. The standard InChI is InChI=1S/C22H22N4OS/c1-14-7-5-9-18(13-14)21-25-24-20(27-21)17(4)28-22-23-11-12-26(22)19-10-6-8-15(2)16(19)3/h5-13,17H,1-4H3. The predicted molar refractivity (Wildman–Crippen MR) is 112 cm³/mol. The Balaban J connectivity index is 1.58. The van der Waals surface area contributed by atoms with Crippen LogP contribution in [0.1, 0.15) is 34.8 Å². The van der Waals surface area contributed by atoms with Crippen molar-refractivity contribution in [2.75, 3.05) is 0 Å². The minimum atomic E-state index is -0.0164. The highest BCUT2D eigenvalue weighted by atomic mass is 32.2. The van der Waals surface area contributed by atoms with Gasteiger partial charge in [0, 0.05) is 18.0 Å². The van der Waals surface area contributed by atoms with E-state index in [0.29, 0.717) is 11.8 Å². The summed E-state index contributed by atoms with van der Waals surface area (Å²) in [4.78, 5) is 4.54. The molecular formula is C22H22N4OS. The number of hydrogen-bond acceptors (Lipinski definition) is 5.